The molecule has 0 aliphatic carbocycles. The predicted molar refractivity (Wildman–Crippen MR) is 120 cm³/mol. The van der Waals surface area contributed by atoms with E-state index >= 15 is 0 Å². The minimum absolute atomic E-state index is 0.0277. The summed E-state index contributed by atoms with van der Waals surface area (Å²) in [5.41, 5.74) is 10.5. The van der Waals surface area contributed by atoms with Crippen molar-refractivity contribution in [2.24, 2.45) is 0 Å². The highest BCUT2D eigenvalue weighted by Crippen LogP contribution is 2.22. The first-order valence-electron chi connectivity index (χ1n) is 9.30. The maximum absolute atomic E-state index is 12.5. The fraction of sp³-hybridized carbons (Fsp3) is 0.238. The minimum Gasteiger partial charge on any atom is -0.382 e. The third-order valence-corrected chi connectivity index (χ3v) is 5.28. The second-order valence-electron chi connectivity index (χ2n) is 6.99. The number of nitrogens with zero attached hydrogens (tertiary/aromatic N) is 3. The molecule has 0 radical (unpaired) electrons. The minimum atomic E-state index is -0.484. The number of hydrogen-bond donors (Lipinski definition) is 3. The molecule has 156 valence electrons. The molecule has 0 saturated carbocycles. The van der Waals surface area contributed by atoms with Gasteiger partial charge >= 0.3 is 0 Å². The number of anilines is 3. The zero-order chi connectivity index (χ0) is 21.8. The Balaban J connectivity index is 1.70. The molecule has 30 heavy (non-hydrogen) atoms. The second kappa shape index (κ2) is 9.00. The largest absolute Gasteiger partial charge is 0.382 e. The highest BCUT2D eigenvalue weighted by Gasteiger charge is 2.19. The smallest absolute Gasteiger partial charge is 0.280 e. The molecule has 4 N–H and O–H groups in total. The highest BCUT2D eigenvalue weighted by atomic mass is 32.2. The molecule has 1 aromatic heterocycles. The van der Waals surface area contributed by atoms with Gasteiger partial charge in [0.1, 0.15) is 6.54 Å². The summed E-state index contributed by atoms with van der Waals surface area (Å²) in [5, 5.41) is 13.4. The molecule has 0 fully saturated rings. The summed E-state index contributed by atoms with van der Waals surface area (Å²) in [6, 6.07) is 11.4. The molecule has 0 saturated heterocycles. The van der Waals surface area contributed by atoms with Gasteiger partial charge in [0.05, 0.1) is 0 Å². The topological polar surface area (TPSA) is 115 Å². The van der Waals surface area contributed by atoms with Crippen molar-refractivity contribution < 1.29 is 9.59 Å². The summed E-state index contributed by atoms with van der Waals surface area (Å²) in [6.45, 7) is 5.73. The van der Waals surface area contributed by atoms with Gasteiger partial charge in [-0.3, -0.25) is 9.59 Å². The summed E-state index contributed by atoms with van der Waals surface area (Å²) in [6.07, 6.45) is 1.95. The van der Waals surface area contributed by atoms with Crippen LogP contribution >= 0.6 is 11.8 Å². The fourth-order valence-corrected chi connectivity index (χ4v) is 3.64. The molecule has 1 heterocycles. The van der Waals surface area contributed by atoms with Crippen molar-refractivity contribution in [1.82, 2.24) is 15.0 Å². The maximum Gasteiger partial charge on any atom is 0.280 e. The number of benzene rings is 2. The molecule has 9 heteroatoms. The normalized spacial score (nSPS) is 10.7. The lowest BCUT2D eigenvalue weighted by molar-refractivity contribution is -0.116. The average Bonchev–Trinajstić information content (AvgIpc) is 3.05. The SMILES string of the molecule is CSc1cccc(NC(=O)c2nnn(CC(=O)Nc3c(C)cc(C)cc3C)c2N)c1. The molecule has 3 aromatic rings. The van der Waals surface area contributed by atoms with E-state index in [4.69, 9.17) is 5.73 Å². The quantitative estimate of drug-likeness (QED) is 0.523. The Morgan fingerprint density at radius 1 is 1.10 bits per heavy atom. The van der Waals surface area contributed by atoms with Crippen LogP contribution in [0.15, 0.2) is 41.3 Å². The first-order chi connectivity index (χ1) is 14.3. The number of hydrogen-bond acceptors (Lipinski definition) is 6. The van der Waals surface area contributed by atoms with Gasteiger partial charge in [0.2, 0.25) is 5.91 Å². The van der Waals surface area contributed by atoms with Crippen molar-refractivity contribution >= 4 is 40.8 Å². The Kier molecular flexibility index (Phi) is 6.41. The van der Waals surface area contributed by atoms with Crippen LogP contribution in [-0.4, -0.2) is 33.1 Å². The van der Waals surface area contributed by atoms with Gasteiger partial charge in [-0.25, -0.2) is 4.68 Å². The number of amides is 2. The number of aromatic nitrogens is 3. The molecule has 0 atom stereocenters. The number of aryl methyl sites for hydroxylation is 3. The van der Waals surface area contributed by atoms with Crippen molar-refractivity contribution in [2.75, 3.05) is 22.6 Å². The van der Waals surface area contributed by atoms with Crippen LogP contribution in [0.3, 0.4) is 0 Å². The third-order valence-electron chi connectivity index (χ3n) is 4.55. The van der Waals surface area contributed by atoms with Crippen LogP contribution < -0.4 is 16.4 Å². The molecule has 0 bridgehead atoms. The first kappa shape index (κ1) is 21.4. The average molecular weight is 425 g/mol. The Bertz CT molecular complexity index is 1090. The standard InChI is InChI=1S/C21H24N6O2S/c1-12-8-13(2)18(14(3)9-12)24-17(28)11-27-20(22)19(25-26-27)21(29)23-15-6-5-7-16(10-15)30-4/h5-10H,11,22H2,1-4H3,(H,23,29)(H,24,28). The third kappa shape index (κ3) is 4.80. The number of rotatable bonds is 6. The lowest BCUT2D eigenvalue weighted by Crippen LogP contribution is -2.22. The van der Waals surface area contributed by atoms with Crippen molar-refractivity contribution in [1.29, 1.82) is 0 Å². The van der Waals surface area contributed by atoms with Gasteiger partial charge in [0.25, 0.3) is 5.91 Å². The lowest BCUT2D eigenvalue weighted by Gasteiger charge is -2.13. The lowest BCUT2D eigenvalue weighted by atomic mass is 10.1. The summed E-state index contributed by atoms with van der Waals surface area (Å²) in [7, 11) is 0. The van der Waals surface area contributed by atoms with Gasteiger partial charge in [-0.1, -0.05) is 29.0 Å². The zero-order valence-electron chi connectivity index (χ0n) is 17.3. The van der Waals surface area contributed by atoms with E-state index in [0.717, 1.165) is 27.3 Å². The van der Waals surface area contributed by atoms with Crippen molar-refractivity contribution in [3.8, 4) is 0 Å². The predicted octanol–water partition coefficient (Wildman–Crippen LogP) is 3.40. The van der Waals surface area contributed by atoms with Gasteiger partial charge in [-0.05, 0) is 56.4 Å². The summed E-state index contributed by atoms with van der Waals surface area (Å²) >= 11 is 1.57. The van der Waals surface area contributed by atoms with Crippen LogP contribution in [0.4, 0.5) is 17.2 Å². The van der Waals surface area contributed by atoms with E-state index in [9.17, 15) is 9.59 Å². The molecule has 0 unspecified atom stereocenters. The van der Waals surface area contributed by atoms with E-state index in [-0.39, 0.29) is 24.0 Å². The van der Waals surface area contributed by atoms with Crippen LogP contribution in [0.25, 0.3) is 0 Å². The van der Waals surface area contributed by atoms with E-state index in [1.165, 1.54) is 4.68 Å². The van der Waals surface area contributed by atoms with Crippen molar-refractivity contribution in [3.05, 3.63) is 58.8 Å². The van der Waals surface area contributed by atoms with Gasteiger partial charge < -0.3 is 16.4 Å². The Morgan fingerprint density at radius 2 is 1.80 bits per heavy atom. The molecule has 2 aromatic carbocycles. The summed E-state index contributed by atoms with van der Waals surface area (Å²) in [4.78, 5) is 26.1. The number of nitrogen functional groups attached to an aromatic ring is 1. The first-order valence-corrected chi connectivity index (χ1v) is 10.5. The van der Waals surface area contributed by atoms with E-state index in [0.29, 0.717) is 5.69 Å². The molecular weight excluding hydrogens is 400 g/mol. The van der Waals surface area contributed by atoms with E-state index in [1.807, 2.05) is 57.4 Å². The Labute approximate surface area is 179 Å². The van der Waals surface area contributed by atoms with Gasteiger partial charge in [-0.2, -0.15) is 0 Å². The van der Waals surface area contributed by atoms with E-state index in [2.05, 4.69) is 20.9 Å². The van der Waals surface area contributed by atoms with E-state index < -0.39 is 5.91 Å². The Morgan fingerprint density at radius 3 is 2.47 bits per heavy atom. The second-order valence-corrected chi connectivity index (χ2v) is 7.87. The number of nitrogens with one attached hydrogen (secondary N) is 2. The summed E-state index contributed by atoms with van der Waals surface area (Å²) < 4.78 is 1.21. The van der Waals surface area contributed by atoms with Crippen LogP contribution in [0.2, 0.25) is 0 Å². The molecule has 0 spiro atoms. The van der Waals surface area contributed by atoms with Gasteiger partial charge in [-0.15, -0.1) is 16.9 Å². The molecule has 8 nitrogen and oxygen atoms in total. The van der Waals surface area contributed by atoms with Gasteiger partial charge in [0, 0.05) is 16.3 Å². The maximum atomic E-state index is 12.5. The van der Waals surface area contributed by atoms with Crippen molar-refractivity contribution in [3.63, 3.8) is 0 Å². The molecule has 0 aliphatic rings. The van der Waals surface area contributed by atoms with Crippen LogP contribution in [-0.2, 0) is 11.3 Å². The molecule has 3 rings (SSSR count). The van der Waals surface area contributed by atoms with Gasteiger partial charge in [0.15, 0.2) is 11.5 Å². The van der Waals surface area contributed by atoms with Crippen molar-refractivity contribution in [2.45, 2.75) is 32.2 Å². The summed E-state index contributed by atoms with van der Waals surface area (Å²) in [5.74, 6) is -0.759. The number of nitrogens with two attached hydrogens (primary N) is 1. The van der Waals surface area contributed by atoms with Crippen LogP contribution in [0.5, 0.6) is 0 Å². The molecule has 0 aliphatic heterocycles. The highest BCUT2D eigenvalue weighted by molar-refractivity contribution is 7.98. The van der Waals surface area contributed by atoms with Crippen LogP contribution in [0, 0.1) is 20.8 Å². The molecular formula is C21H24N6O2S. The monoisotopic (exact) mass is 424 g/mol. The number of thioether (sulfide) groups is 1. The molecule has 2 amide bonds. The number of carbonyl (C=O) groups excluding carboxylic acids is 2. The van der Waals surface area contributed by atoms with Crippen LogP contribution in [0.1, 0.15) is 27.2 Å². The fourth-order valence-electron chi connectivity index (χ4n) is 3.18. The zero-order valence-corrected chi connectivity index (χ0v) is 18.1. The Hall–Kier alpha value is -3.33. The van der Waals surface area contributed by atoms with E-state index in [1.54, 1.807) is 17.8 Å². The number of carbonyl (C=O) groups is 2.